The van der Waals surface area contributed by atoms with Gasteiger partial charge in [-0.25, -0.2) is 9.38 Å². The first-order valence-corrected chi connectivity index (χ1v) is 7.76. The molecular weight excluding hydrogens is 426 g/mol. The number of aliphatic imine (C=N–C) groups is 1. The van der Waals surface area contributed by atoms with Gasteiger partial charge >= 0.3 is 0 Å². The summed E-state index contributed by atoms with van der Waals surface area (Å²) < 4.78 is 18.5. The second kappa shape index (κ2) is 12.8. The van der Waals surface area contributed by atoms with Gasteiger partial charge in [0.15, 0.2) is 5.96 Å². The summed E-state index contributed by atoms with van der Waals surface area (Å²) in [6.07, 6.45) is -0.145. The van der Waals surface area contributed by atoms with E-state index in [4.69, 9.17) is 4.74 Å². The Morgan fingerprint density at radius 3 is 2.38 bits per heavy atom. The van der Waals surface area contributed by atoms with E-state index in [0.717, 1.165) is 0 Å². The fourth-order valence-electron chi connectivity index (χ4n) is 1.77. The van der Waals surface area contributed by atoms with E-state index in [2.05, 4.69) is 20.9 Å². The van der Waals surface area contributed by atoms with Crippen LogP contribution in [0.15, 0.2) is 29.3 Å². The molecule has 0 spiro atoms. The number of carbonyl (C=O) groups excluding carboxylic acids is 1. The van der Waals surface area contributed by atoms with Crippen LogP contribution < -0.4 is 20.7 Å². The molecule has 0 aliphatic carbocycles. The van der Waals surface area contributed by atoms with Crippen molar-refractivity contribution in [2.24, 2.45) is 4.99 Å². The van der Waals surface area contributed by atoms with Crippen molar-refractivity contribution in [3.63, 3.8) is 0 Å². The van der Waals surface area contributed by atoms with Crippen molar-refractivity contribution >= 4 is 35.8 Å². The minimum atomic E-state index is -0.296. The normalized spacial score (nSPS) is 11.9. The number of hydrogen-bond acceptors (Lipinski definition) is 3. The van der Waals surface area contributed by atoms with Crippen LogP contribution in [0, 0.1) is 5.82 Å². The van der Waals surface area contributed by atoms with E-state index in [0.29, 0.717) is 31.3 Å². The summed E-state index contributed by atoms with van der Waals surface area (Å²) in [6, 6.07) is 5.88. The number of amides is 1. The predicted molar refractivity (Wildman–Crippen MR) is 105 cm³/mol. The molecule has 1 amide bonds. The van der Waals surface area contributed by atoms with E-state index >= 15 is 0 Å². The molecule has 1 atom stereocenters. The fourth-order valence-corrected chi connectivity index (χ4v) is 1.77. The van der Waals surface area contributed by atoms with Crippen LogP contribution in [-0.2, 0) is 4.79 Å². The second-order valence-electron chi connectivity index (χ2n) is 4.91. The van der Waals surface area contributed by atoms with Gasteiger partial charge < -0.3 is 20.7 Å². The molecular formula is C16H26FIN4O2. The van der Waals surface area contributed by atoms with Gasteiger partial charge in [0, 0.05) is 13.1 Å². The van der Waals surface area contributed by atoms with Crippen LogP contribution in [0.4, 0.5) is 4.39 Å². The number of likely N-dealkylation sites (N-methyl/N-ethyl adjacent to an activating group) is 1. The zero-order valence-electron chi connectivity index (χ0n) is 14.3. The van der Waals surface area contributed by atoms with Crippen LogP contribution in [-0.4, -0.2) is 44.1 Å². The van der Waals surface area contributed by atoms with E-state index in [-0.39, 0.29) is 48.3 Å². The molecule has 0 bridgehead atoms. The predicted octanol–water partition coefficient (Wildman–Crippen LogP) is 1.90. The fraction of sp³-hybridized carbons (Fsp3) is 0.500. The Bertz CT molecular complexity index is 511. The van der Waals surface area contributed by atoms with Gasteiger partial charge in [-0.1, -0.05) is 0 Å². The van der Waals surface area contributed by atoms with Gasteiger partial charge in [0.05, 0.1) is 6.54 Å². The number of hydrogen-bond donors (Lipinski definition) is 3. The topological polar surface area (TPSA) is 74.8 Å². The van der Waals surface area contributed by atoms with Gasteiger partial charge in [-0.05, 0) is 45.0 Å². The van der Waals surface area contributed by atoms with E-state index in [1.165, 1.54) is 12.1 Å². The van der Waals surface area contributed by atoms with Gasteiger partial charge in [-0.2, -0.15) is 0 Å². The molecule has 3 N–H and O–H groups in total. The van der Waals surface area contributed by atoms with Crippen LogP contribution in [0.1, 0.15) is 20.8 Å². The van der Waals surface area contributed by atoms with Crippen molar-refractivity contribution in [1.82, 2.24) is 16.0 Å². The minimum absolute atomic E-state index is 0. The minimum Gasteiger partial charge on any atom is -0.489 e. The zero-order valence-corrected chi connectivity index (χ0v) is 16.6. The Balaban J connectivity index is 0.00000529. The van der Waals surface area contributed by atoms with Crippen LogP contribution in [0.3, 0.4) is 0 Å². The van der Waals surface area contributed by atoms with E-state index in [1.807, 2.05) is 20.8 Å². The molecule has 24 heavy (non-hydrogen) atoms. The lowest BCUT2D eigenvalue weighted by molar-refractivity contribution is -0.119. The van der Waals surface area contributed by atoms with Gasteiger partial charge in [0.25, 0.3) is 0 Å². The van der Waals surface area contributed by atoms with Crippen LogP contribution in [0.25, 0.3) is 0 Å². The number of halogens is 2. The Hall–Kier alpha value is -1.58. The van der Waals surface area contributed by atoms with Crippen molar-refractivity contribution in [3.8, 4) is 5.75 Å². The maximum atomic E-state index is 12.8. The van der Waals surface area contributed by atoms with E-state index in [1.54, 1.807) is 12.1 Å². The van der Waals surface area contributed by atoms with Gasteiger partial charge in [0.2, 0.25) is 5.91 Å². The summed E-state index contributed by atoms with van der Waals surface area (Å²) in [5.41, 5.74) is 0. The first-order chi connectivity index (χ1) is 11.0. The van der Waals surface area contributed by atoms with Gasteiger partial charge in [0.1, 0.15) is 24.2 Å². The Morgan fingerprint density at radius 1 is 1.17 bits per heavy atom. The van der Waals surface area contributed by atoms with Gasteiger partial charge in [-0.3, -0.25) is 4.79 Å². The average Bonchev–Trinajstić information content (AvgIpc) is 2.52. The number of ether oxygens (including phenoxy) is 1. The molecule has 0 fully saturated rings. The molecule has 0 aromatic heterocycles. The third kappa shape index (κ3) is 9.53. The second-order valence-corrected chi connectivity index (χ2v) is 4.91. The lowest BCUT2D eigenvalue weighted by Gasteiger charge is -2.17. The number of nitrogens with zero attached hydrogens (tertiary/aromatic N) is 1. The highest BCUT2D eigenvalue weighted by molar-refractivity contribution is 14.0. The van der Waals surface area contributed by atoms with Crippen LogP contribution in [0.5, 0.6) is 5.75 Å². The Labute approximate surface area is 159 Å². The Morgan fingerprint density at radius 2 is 1.79 bits per heavy atom. The third-order valence-electron chi connectivity index (χ3n) is 2.81. The molecule has 6 nitrogen and oxygen atoms in total. The van der Waals surface area contributed by atoms with E-state index < -0.39 is 0 Å². The summed E-state index contributed by atoms with van der Waals surface area (Å²) in [7, 11) is 0. The quantitative estimate of drug-likeness (QED) is 0.320. The number of benzene rings is 1. The van der Waals surface area contributed by atoms with Crippen molar-refractivity contribution in [1.29, 1.82) is 0 Å². The summed E-state index contributed by atoms with van der Waals surface area (Å²) in [5, 5.41) is 8.86. The third-order valence-corrected chi connectivity index (χ3v) is 2.81. The maximum absolute atomic E-state index is 12.8. The molecule has 0 saturated carbocycles. The zero-order chi connectivity index (χ0) is 17.1. The highest BCUT2D eigenvalue weighted by atomic mass is 127. The first-order valence-electron chi connectivity index (χ1n) is 7.76. The summed E-state index contributed by atoms with van der Waals surface area (Å²) >= 11 is 0. The van der Waals surface area contributed by atoms with Crippen LogP contribution >= 0.6 is 24.0 Å². The van der Waals surface area contributed by atoms with Gasteiger partial charge in [-0.15, -0.1) is 24.0 Å². The molecule has 1 unspecified atom stereocenters. The lowest BCUT2D eigenvalue weighted by atomic mass is 10.3. The highest BCUT2D eigenvalue weighted by Crippen LogP contribution is 2.12. The van der Waals surface area contributed by atoms with Crippen LogP contribution in [0.2, 0.25) is 0 Å². The molecule has 0 aliphatic heterocycles. The maximum Gasteiger partial charge on any atom is 0.241 e. The summed E-state index contributed by atoms with van der Waals surface area (Å²) in [6.45, 7) is 7.54. The van der Waals surface area contributed by atoms with E-state index in [9.17, 15) is 9.18 Å². The molecule has 0 saturated heterocycles. The molecule has 0 radical (unpaired) electrons. The smallest absolute Gasteiger partial charge is 0.241 e. The SMILES string of the molecule is CCNC(=O)CN=C(NCC)NCC(C)Oc1ccc(F)cc1.I. The Kier molecular flexibility index (Phi) is 12.0. The highest BCUT2D eigenvalue weighted by Gasteiger charge is 2.06. The van der Waals surface area contributed by atoms with Crippen molar-refractivity contribution in [2.75, 3.05) is 26.2 Å². The summed E-state index contributed by atoms with van der Waals surface area (Å²) in [5.74, 6) is 0.730. The standard InChI is InChI=1S/C16H25FN4O2.HI/c1-4-18-15(22)11-21-16(19-5-2)20-10-12(3)23-14-8-6-13(17)7-9-14;/h6-9,12H,4-5,10-11H2,1-3H3,(H,18,22)(H2,19,20,21);1H. The summed E-state index contributed by atoms with van der Waals surface area (Å²) in [4.78, 5) is 15.6. The molecule has 1 rings (SSSR count). The number of nitrogens with one attached hydrogen (secondary N) is 3. The number of guanidine groups is 1. The number of carbonyl (C=O) groups is 1. The molecule has 1 aromatic rings. The first kappa shape index (κ1) is 22.4. The molecule has 136 valence electrons. The average molecular weight is 452 g/mol. The largest absolute Gasteiger partial charge is 0.489 e. The molecule has 8 heteroatoms. The lowest BCUT2D eigenvalue weighted by Crippen LogP contribution is -2.42. The van der Waals surface area contributed by atoms with Crippen molar-refractivity contribution in [2.45, 2.75) is 26.9 Å². The molecule has 0 aliphatic rings. The number of rotatable bonds is 8. The monoisotopic (exact) mass is 452 g/mol. The molecule has 1 aromatic carbocycles. The molecule has 0 heterocycles. The van der Waals surface area contributed by atoms with Crippen molar-refractivity contribution in [3.05, 3.63) is 30.1 Å². The van der Waals surface area contributed by atoms with Crippen molar-refractivity contribution < 1.29 is 13.9 Å².